The van der Waals surface area contributed by atoms with Gasteiger partial charge in [-0.25, -0.2) is 0 Å². The highest BCUT2D eigenvalue weighted by molar-refractivity contribution is 5.94. The van der Waals surface area contributed by atoms with E-state index in [0.29, 0.717) is 11.5 Å². The van der Waals surface area contributed by atoms with Crippen molar-refractivity contribution < 1.29 is 24.1 Å². The van der Waals surface area contributed by atoms with E-state index < -0.39 is 22.9 Å². The molecule has 26 heavy (non-hydrogen) atoms. The minimum absolute atomic E-state index is 0.0340. The number of para-hydroxylation sites is 1. The Kier molecular flexibility index (Phi) is 4.81. The number of aromatic hydroxyl groups is 1. The summed E-state index contributed by atoms with van der Waals surface area (Å²) in [5, 5.41) is 10.7. The van der Waals surface area contributed by atoms with Crippen molar-refractivity contribution in [3.8, 4) is 23.1 Å². The molecule has 1 fully saturated rings. The predicted octanol–water partition coefficient (Wildman–Crippen LogP) is 0.733. The summed E-state index contributed by atoms with van der Waals surface area (Å²) in [5.74, 6) is -0.944. The Balaban J connectivity index is 2.28. The molecule has 1 heterocycles. The summed E-state index contributed by atoms with van der Waals surface area (Å²) in [7, 11) is 2.89. The topological polar surface area (TPSA) is 126 Å². The Morgan fingerprint density at radius 1 is 1.31 bits per heavy atom. The maximum atomic E-state index is 12.2. The number of primary amides is 1. The zero-order chi connectivity index (χ0) is 18.8. The number of aromatic nitrogens is 2. The standard InChI is InChI=1S/C17H19N3O6/c1-24-10-4-3-5-11(25-2)14(10)20-12(8-26-9-6-7-9)19-16(22)13(15(18)21)17(20)23/h3-5,9,23H,6-8H2,1-2H3,(H2,18,21). The Morgan fingerprint density at radius 3 is 2.42 bits per heavy atom. The van der Waals surface area contributed by atoms with Gasteiger partial charge in [0.1, 0.15) is 29.6 Å². The summed E-state index contributed by atoms with van der Waals surface area (Å²) in [4.78, 5) is 27.7. The van der Waals surface area contributed by atoms with Gasteiger partial charge in [-0.05, 0) is 25.0 Å². The van der Waals surface area contributed by atoms with Crippen molar-refractivity contribution in [3.63, 3.8) is 0 Å². The number of carbonyl (C=O) groups is 1. The Bertz CT molecular complexity index is 882. The molecule has 0 atom stereocenters. The molecule has 1 aliphatic rings. The van der Waals surface area contributed by atoms with Gasteiger partial charge in [-0.3, -0.25) is 14.2 Å². The third kappa shape index (κ3) is 3.21. The molecule has 0 radical (unpaired) electrons. The van der Waals surface area contributed by atoms with Crippen LogP contribution in [0.4, 0.5) is 0 Å². The number of nitrogens with two attached hydrogens (primary N) is 1. The first-order chi connectivity index (χ1) is 12.5. The molecule has 1 amide bonds. The molecule has 1 saturated carbocycles. The molecule has 1 aromatic carbocycles. The molecule has 1 aromatic heterocycles. The lowest BCUT2D eigenvalue weighted by atomic mass is 10.2. The largest absolute Gasteiger partial charge is 0.494 e. The minimum Gasteiger partial charge on any atom is -0.494 e. The average Bonchev–Trinajstić information content (AvgIpc) is 3.43. The van der Waals surface area contributed by atoms with E-state index in [1.165, 1.54) is 18.8 Å². The number of rotatable bonds is 7. The molecule has 3 N–H and O–H groups in total. The Hall–Kier alpha value is -3.07. The minimum atomic E-state index is -1.09. The first-order valence-electron chi connectivity index (χ1n) is 7.95. The third-order valence-corrected chi connectivity index (χ3v) is 3.98. The fraction of sp³-hybridized carbons (Fsp3) is 0.353. The van der Waals surface area contributed by atoms with Crippen LogP contribution >= 0.6 is 0 Å². The number of ether oxygens (including phenoxy) is 3. The van der Waals surface area contributed by atoms with E-state index in [0.717, 1.165) is 12.8 Å². The van der Waals surface area contributed by atoms with Crippen molar-refractivity contribution in [1.29, 1.82) is 0 Å². The monoisotopic (exact) mass is 361 g/mol. The van der Waals surface area contributed by atoms with E-state index in [-0.39, 0.29) is 24.2 Å². The van der Waals surface area contributed by atoms with Crippen molar-refractivity contribution in [1.82, 2.24) is 9.55 Å². The molecular weight excluding hydrogens is 342 g/mol. The van der Waals surface area contributed by atoms with E-state index in [9.17, 15) is 14.7 Å². The lowest BCUT2D eigenvalue weighted by Crippen LogP contribution is -2.28. The van der Waals surface area contributed by atoms with Crippen LogP contribution in [0.25, 0.3) is 5.69 Å². The second-order valence-corrected chi connectivity index (χ2v) is 5.75. The molecule has 0 aliphatic heterocycles. The summed E-state index contributed by atoms with van der Waals surface area (Å²) < 4.78 is 17.5. The summed E-state index contributed by atoms with van der Waals surface area (Å²) in [5.41, 5.74) is 3.98. The molecular formula is C17H19N3O6. The molecule has 0 unspecified atom stereocenters. The fourth-order valence-electron chi connectivity index (χ4n) is 2.58. The SMILES string of the molecule is COc1cccc(OC)c1-n1c(COC2CC2)nc(=O)c(C(N)=O)c1O. The number of carbonyl (C=O) groups excluding carboxylic acids is 1. The van der Waals surface area contributed by atoms with Crippen LogP contribution < -0.4 is 20.8 Å². The van der Waals surface area contributed by atoms with Crippen LogP contribution in [-0.2, 0) is 11.3 Å². The maximum Gasteiger partial charge on any atom is 0.289 e. The number of hydrogen-bond acceptors (Lipinski definition) is 7. The highest BCUT2D eigenvalue weighted by Gasteiger charge is 2.28. The summed E-state index contributed by atoms with van der Waals surface area (Å²) in [6, 6.07) is 4.99. The van der Waals surface area contributed by atoms with Crippen molar-refractivity contribution in [2.75, 3.05) is 14.2 Å². The normalized spacial score (nSPS) is 13.5. The van der Waals surface area contributed by atoms with E-state index in [1.807, 2.05) is 0 Å². The summed E-state index contributed by atoms with van der Waals surface area (Å²) in [6.07, 6.45) is 1.94. The highest BCUT2D eigenvalue weighted by Crippen LogP contribution is 2.36. The van der Waals surface area contributed by atoms with Gasteiger partial charge < -0.3 is 25.1 Å². The van der Waals surface area contributed by atoms with Gasteiger partial charge in [0.2, 0.25) is 5.88 Å². The number of amides is 1. The number of benzene rings is 1. The second kappa shape index (κ2) is 7.04. The van der Waals surface area contributed by atoms with E-state index in [1.54, 1.807) is 18.2 Å². The number of methoxy groups -OCH3 is 2. The molecule has 9 nitrogen and oxygen atoms in total. The van der Waals surface area contributed by atoms with Crippen LogP contribution in [0.2, 0.25) is 0 Å². The van der Waals surface area contributed by atoms with E-state index in [2.05, 4.69) is 4.98 Å². The highest BCUT2D eigenvalue weighted by atomic mass is 16.5. The molecule has 9 heteroatoms. The average molecular weight is 361 g/mol. The van der Waals surface area contributed by atoms with Gasteiger partial charge in [0.15, 0.2) is 5.56 Å². The third-order valence-electron chi connectivity index (χ3n) is 3.98. The van der Waals surface area contributed by atoms with Crippen LogP contribution in [0.15, 0.2) is 23.0 Å². The van der Waals surface area contributed by atoms with Crippen molar-refractivity contribution >= 4 is 5.91 Å². The van der Waals surface area contributed by atoms with Gasteiger partial charge in [0, 0.05) is 0 Å². The van der Waals surface area contributed by atoms with Gasteiger partial charge in [0.05, 0.1) is 20.3 Å². The van der Waals surface area contributed by atoms with Crippen molar-refractivity contribution in [3.05, 3.63) is 39.9 Å². The van der Waals surface area contributed by atoms with Crippen LogP contribution in [0.3, 0.4) is 0 Å². The molecule has 138 valence electrons. The quantitative estimate of drug-likeness (QED) is 0.744. The number of hydrogen-bond donors (Lipinski definition) is 2. The zero-order valence-corrected chi connectivity index (χ0v) is 14.4. The molecule has 3 rings (SSSR count). The van der Waals surface area contributed by atoms with E-state index >= 15 is 0 Å². The van der Waals surface area contributed by atoms with Gasteiger partial charge in [-0.1, -0.05) is 6.07 Å². The maximum absolute atomic E-state index is 12.2. The van der Waals surface area contributed by atoms with Gasteiger partial charge in [-0.2, -0.15) is 4.98 Å². The summed E-state index contributed by atoms with van der Waals surface area (Å²) >= 11 is 0. The second-order valence-electron chi connectivity index (χ2n) is 5.75. The van der Waals surface area contributed by atoms with E-state index in [4.69, 9.17) is 19.9 Å². The molecule has 0 spiro atoms. The van der Waals surface area contributed by atoms with Crippen molar-refractivity contribution in [2.45, 2.75) is 25.6 Å². The molecule has 0 bridgehead atoms. The first-order valence-corrected chi connectivity index (χ1v) is 7.95. The Morgan fingerprint density at radius 2 is 1.92 bits per heavy atom. The fourth-order valence-corrected chi connectivity index (χ4v) is 2.58. The molecule has 1 aliphatic carbocycles. The number of nitrogens with zero attached hydrogens (tertiary/aromatic N) is 2. The predicted molar refractivity (Wildman–Crippen MR) is 90.9 cm³/mol. The van der Waals surface area contributed by atoms with Gasteiger partial charge >= 0.3 is 0 Å². The molecule has 2 aromatic rings. The van der Waals surface area contributed by atoms with Crippen LogP contribution in [0.1, 0.15) is 29.0 Å². The first kappa shape index (κ1) is 17.7. The van der Waals surface area contributed by atoms with Gasteiger partial charge in [-0.15, -0.1) is 0 Å². The molecule has 0 saturated heterocycles. The Labute approximate surface area is 148 Å². The van der Waals surface area contributed by atoms with Crippen LogP contribution in [0, 0.1) is 0 Å². The van der Waals surface area contributed by atoms with Crippen LogP contribution in [-0.4, -0.2) is 40.9 Å². The van der Waals surface area contributed by atoms with Gasteiger partial charge in [0.25, 0.3) is 11.5 Å². The lowest BCUT2D eigenvalue weighted by Gasteiger charge is -2.20. The smallest absolute Gasteiger partial charge is 0.289 e. The van der Waals surface area contributed by atoms with Crippen molar-refractivity contribution in [2.24, 2.45) is 5.73 Å². The lowest BCUT2D eigenvalue weighted by molar-refractivity contribution is 0.0961. The van der Waals surface area contributed by atoms with Crippen LogP contribution in [0.5, 0.6) is 17.4 Å². The summed E-state index contributed by atoms with van der Waals surface area (Å²) in [6.45, 7) is -0.0340. The zero-order valence-electron chi connectivity index (χ0n) is 14.4.